The van der Waals surface area contributed by atoms with Gasteiger partial charge >= 0.3 is 5.97 Å². The number of ether oxygens (including phenoxy) is 1. The second-order valence-corrected chi connectivity index (χ2v) is 7.93. The molecule has 156 valence electrons. The van der Waals surface area contributed by atoms with Gasteiger partial charge in [-0.1, -0.05) is 44.7 Å². The maximum absolute atomic E-state index is 13.3. The zero-order valence-corrected chi connectivity index (χ0v) is 16.7. The average molecular weight is 404 g/mol. The van der Waals surface area contributed by atoms with Crippen LogP contribution in [0.3, 0.4) is 0 Å². The van der Waals surface area contributed by atoms with Crippen LogP contribution in [0.2, 0.25) is 0 Å². The summed E-state index contributed by atoms with van der Waals surface area (Å²) < 4.78 is 44.5. The lowest BCUT2D eigenvalue weighted by atomic mass is 9.77. The lowest BCUT2D eigenvalue weighted by Gasteiger charge is -2.29. The summed E-state index contributed by atoms with van der Waals surface area (Å²) in [6.07, 6.45) is 10.0. The van der Waals surface area contributed by atoms with E-state index in [1.165, 1.54) is 44.1 Å². The van der Waals surface area contributed by atoms with Gasteiger partial charge < -0.3 is 4.74 Å². The first kappa shape index (κ1) is 21.4. The predicted octanol–water partition coefficient (Wildman–Crippen LogP) is 7.18. The fourth-order valence-electron chi connectivity index (χ4n) is 4.12. The van der Waals surface area contributed by atoms with Gasteiger partial charge in [0.2, 0.25) is 0 Å². The van der Waals surface area contributed by atoms with Gasteiger partial charge in [0, 0.05) is 12.1 Å². The third kappa shape index (κ3) is 5.62. The van der Waals surface area contributed by atoms with Gasteiger partial charge in [-0.2, -0.15) is 0 Å². The summed E-state index contributed by atoms with van der Waals surface area (Å²) in [6, 6.07) is 8.49. The molecule has 2 nitrogen and oxygen atoms in total. The molecule has 0 N–H and O–H groups in total. The van der Waals surface area contributed by atoms with Crippen LogP contribution in [-0.2, 0) is 0 Å². The van der Waals surface area contributed by atoms with Crippen LogP contribution in [0.25, 0.3) is 0 Å². The van der Waals surface area contributed by atoms with Gasteiger partial charge in [0.1, 0.15) is 5.75 Å². The molecular formula is C24H27F3O2. The van der Waals surface area contributed by atoms with Crippen molar-refractivity contribution in [2.75, 3.05) is 0 Å². The second kappa shape index (κ2) is 9.95. The number of rotatable bonds is 7. The van der Waals surface area contributed by atoms with E-state index in [0.717, 1.165) is 18.8 Å². The van der Waals surface area contributed by atoms with Gasteiger partial charge in [-0.3, -0.25) is 0 Å². The van der Waals surface area contributed by atoms with Gasteiger partial charge in [-0.25, -0.2) is 18.0 Å². The first-order chi connectivity index (χ1) is 14.0. The Morgan fingerprint density at radius 3 is 2.17 bits per heavy atom. The van der Waals surface area contributed by atoms with Crippen molar-refractivity contribution < 1.29 is 22.7 Å². The molecule has 5 heteroatoms. The van der Waals surface area contributed by atoms with Gasteiger partial charge in [-0.15, -0.1) is 0 Å². The van der Waals surface area contributed by atoms with Crippen LogP contribution in [0.5, 0.6) is 5.75 Å². The Balaban J connectivity index is 1.55. The molecule has 0 amide bonds. The van der Waals surface area contributed by atoms with E-state index in [9.17, 15) is 18.0 Å². The number of benzene rings is 2. The fourth-order valence-corrected chi connectivity index (χ4v) is 4.12. The molecule has 2 aromatic carbocycles. The summed E-state index contributed by atoms with van der Waals surface area (Å²) in [5, 5.41) is 0. The van der Waals surface area contributed by atoms with E-state index in [2.05, 4.69) is 6.92 Å². The minimum atomic E-state index is -1.59. The maximum atomic E-state index is 13.3. The van der Waals surface area contributed by atoms with E-state index in [1.807, 2.05) is 12.1 Å². The van der Waals surface area contributed by atoms with Crippen molar-refractivity contribution in [3.8, 4) is 5.75 Å². The molecule has 0 bridgehead atoms. The van der Waals surface area contributed by atoms with Crippen LogP contribution in [0.4, 0.5) is 13.2 Å². The third-order valence-electron chi connectivity index (χ3n) is 5.85. The maximum Gasteiger partial charge on any atom is 0.343 e. The average Bonchev–Trinajstić information content (AvgIpc) is 2.73. The largest absolute Gasteiger partial charge is 0.423 e. The van der Waals surface area contributed by atoms with E-state index >= 15 is 0 Å². The van der Waals surface area contributed by atoms with E-state index in [0.29, 0.717) is 18.1 Å². The summed E-state index contributed by atoms with van der Waals surface area (Å²) in [5.74, 6) is -4.14. The van der Waals surface area contributed by atoms with Crippen LogP contribution in [0, 0.1) is 23.4 Å². The van der Waals surface area contributed by atoms with E-state index < -0.39 is 23.4 Å². The van der Waals surface area contributed by atoms with Gasteiger partial charge in [0.05, 0.1) is 5.56 Å². The Bertz CT molecular complexity index is 802. The number of halogens is 3. The lowest BCUT2D eigenvalue weighted by molar-refractivity contribution is 0.0733. The van der Waals surface area contributed by atoms with Crippen LogP contribution >= 0.6 is 0 Å². The molecule has 29 heavy (non-hydrogen) atoms. The van der Waals surface area contributed by atoms with Crippen molar-refractivity contribution in [3.63, 3.8) is 0 Å². The smallest absolute Gasteiger partial charge is 0.343 e. The normalized spacial score (nSPS) is 19.2. The van der Waals surface area contributed by atoms with E-state index in [1.54, 1.807) is 12.1 Å². The Labute approximate surface area is 170 Å². The van der Waals surface area contributed by atoms with Crippen molar-refractivity contribution in [2.24, 2.45) is 5.92 Å². The predicted molar refractivity (Wildman–Crippen MR) is 107 cm³/mol. The van der Waals surface area contributed by atoms with E-state index in [4.69, 9.17) is 4.74 Å². The molecule has 0 spiro atoms. The summed E-state index contributed by atoms with van der Waals surface area (Å²) in [4.78, 5) is 12.2. The van der Waals surface area contributed by atoms with E-state index in [-0.39, 0.29) is 11.3 Å². The highest BCUT2D eigenvalue weighted by Crippen LogP contribution is 2.37. The molecule has 2 aromatic rings. The van der Waals surface area contributed by atoms with Crippen molar-refractivity contribution in [3.05, 3.63) is 65.0 Å². The van der Waals surface area contributed by atoms with Crippen LogP contribution < -0.4 is 4.74 Å². The molecule has 1 saturated carbocycles. The van der Waals surface area contributed by atoms with Crippen LogP contribution in [0.1, 0.15) is 80.1 Å². The number of carbonyl (C=O) groups is 1. The monoisotopic (exact) mass is 404 g/mol. The standard InChI is InChI=1S/C24H27F3O2/c1-2-3-4-5-16-6-8-17(9-7-16)18-10-12-19(13-11-18)24(28)29-20-14-21(25)23(27)22(26)15-20/h10-17H,2-9H2,1H3/t16-,17-. The Kier molecular flexibility index (Phi) is 7.34. The van der Waals surface area contributed by atoms with Crippen molar-refractivity contribution >= 4 is 5.97 Å². The van der Waals surface area contributed by atoms with Crippen molar-refractivity contribution in [1.82, 2.24) is 0 Å². The molecule has 0 radical (unpaired) electrons. The van der Waals surface area contributed by atoms with Crippen molar-refractivity contribution in [1.29, 1.82) is 0 Å². The molecule has 3 rings (SSSR count). The molecule has 1 aliphatic carbocycles. The Morgan fingerprint density at radius 1 is 0.966 bits per heavy atom. The first-order valence-corrected chi connectivity index (χ1v) is 10.4. The fraction of sp³-hybridized carbons (Fsp3) is 0.458. The zero-order valence-electron chi connectivity index (χ0n) is 16.7. The quantitative estimate of drug-likeness (QED) is 0.211. The molecule has 0 saturated heterocycles. The SMILES string of the molecule is CCCCC[C@H]1CC[C@H](c2ccc(C(=O)Oc3cc(F)c(F)c(F)c3)cc2)CC1. The number of hydrogen-bond donors (Lipinski definition) is 0. The molecule has 0 aromatic heterocycles. The van der Waals surface area contributed by atoms with Gasteiger partial charge in [0.25, 0.3) is 0 Å². The molecule has 0 atom stereocenters. The van der Waals surface area contributed by atoms with Crippen molar-refractivity contribution in [2.45, 2.75) is 64.2 Å². The first-order valence-electron chi connectivity index (χ1n) is 10.4. The second-order valence-electron chi connectivity index (χ2n) is 7.93. The highest BCUT2D eigenvalue weighted by molar-refractivity contribution is 5.91. The minimum Gasteiger partial charge on any atom is -0.423 e. The topological polar surface area (TPSA) is 26.3 Å². The minimum absolute atomic E-state index is 0.284. The van der Waals surface area contributed by atoms with Gasteiger partial charge in [0.15, 0.2) is 17.5 Å². The molecular weight excluding hydrogens is 377 g/mol. The summed E-state index contributed by atoms with van der Waals surface area (Å²) in [7, 11) is 0. The Morgan fingerprint density at radius 2 is 1.59 bits per heavy atom. The number of unbranched alkanes of at least 4 members (excludes halogenated alkanes) is 2. The summed E-state index contributed by atoms with van der Waals surface area (Å²) in [5.41, 5.74) is 1.49. The summed E-state index contributed by atoms with van der Waals surface area (Å²) in [6.45, 7) is 2.23. The number of hydrogen-bond acceptors (Lipinski definition) is 2. The third-order valence-corrected chi connectivity index (χ3v) is 5.85. The number of carbonyl (C=O) groups excluding carboxylic acids is 1. The molecule has 0 heterocycles. The van der Waals surface area contributed by atoms with Crippen LogP contribution in [0.15, 0.2) is 36.4 Å². The molecule has 1 aliphatic rings. The zero-order chi connectivity index (χ0) is 20.8. The highest BCUT2D eigenvalue weighted by Gasteiger charge is 2.22. The Hall–Kier alpha value is -2.30. The van der Waals surface area contributed by atoms with Crippen LogP contribution in [-0.4, -0.2) is 5.97 Å². The molecule has 1 fully saturated rings. The molecule has 0 unspecified atom stereocenters. The highest BCUT2D eigenvalue weighted by atomic mass is 19.2. The lowest BCUT2D eigenvalue weighted by Crippen LogP contribution is -2.14. The van der Waals surface area contributed by atoms with Gasteiger partial charge in [-0.05, 0) is 55.2 Å². The number of esters is 1. The summed E-state index contributed by atoms with van der Waals surface area (Å²) >= 11 is 0. The molecule has 0 aliphatic heterocycles.